The normalized spacial score (nSPS) is 22.6. The largest absolute Gasteiger partial charge is 0.316 e. The van der Waals surface area contributed by atoms with Crippen LogP contribution in [0.5, 0.6) is 0 Å². The summed E-state index contributed by atoms with van der Waals surface area (Å²) in [6.45, 7) is 4.28. The predicted octanol–water partition coefficient (Wildman–Crippen LogP) is 1.96. The molecular weight excluding hydrogens is 242 g/mol. The number of hydrogen-bond acceptors (Lipinski definition) is 2. The predicted molar refractivity (Wildman–Crippen MR) is 60.5 cm³/mol. The zero-order valence-corrected chi connectivity index (χ0v) is 10.3. The third-order valence-corrected chi connectivity index (χ3v) is 3.85. The number of aryl methyl sites for hydroxylation is 2. The highest BCUT2D eigenvalue weighted by Crippen LogP contribution is 2.31. The molecule has 1 aliphatic heterocycles. The second kappa shape index (κ2) is 4.03. The summed E-state index contributed by atoms with van der Waals surface area (Å²) >= 11 is 3.63. The van der Waals surface area contributed by atoms with Crippen molar-refractivity contribution in [2.75, 3.05) is 13.1 Å². The van der Waals surface area contributed by atoms with E-state index < -0.39 is 0 Å². The second-order valence-electron chi connectivity index (χ2n) is 3.95. The molecule has 4 heteroatoms. The van der Waals surface area contributed by atoms with E-state index in [1.165, 1.54) is 23.0 Å². The summed E-state index contributed by atoms with van der Waals surface area (Å²) in [5, 5.41) is 7.86. The van der Waals surface area contributed by atoms with Crippen LogP contribution in [-0.2, 0) is 7.05 Å². The fraction of sp³-hybridized carbons (Fsp3) is 0.700. The van der Waals surface area contributed by atoms with Crippen molar-refractivity contribution in [1.82, 2.24) is 15.1 Å². The van der Waals surface area contributed by atoms with Crippen LogP contribution in [0, 0.1) is 6.92 Å². The van der Waals surface area contributed by atoms with Crippen molar-refractivity contribution in [1.29, 1.82) is 0 Å². The molecule has 0 amide bonds. The highest BCUT2D eigenvalue weighted by Gasteiger charge is 2.22. The van der Waals surface area contributed by atoms with Gasteiger partial charge < -0.3 is 5.32 Å². The van der Waals surface area contributed by atoms with Crippen molar-refractivity contribution >= 4 is 15.9 Å². The van der Waals surface area contributed by atoms with Crippen molar-refractivity contribution < 1.29 is 0 Å². The molecule has 1 N–H and O–H groups in total. The molecule has 0 bridgehead atoms. The summed E-state index contributed by atoms with van der Waals surface area (Å²) in [6.07, 6.45) is 2.53. The van der Waals surface area contributed by atoms with Crippen molar-refractivity contribution in [2.45, 2.75) is 25.7 Å². The Balaban J connectivity index is 2.29. The molecule has 14 heavy (non-hydrogen) atoms. The maximum Gasteiger partial charge on any atom is 0.0738 e. The molecule has 1 aliphatic rings. The lowest BCUT2D eigenvalue weighted by Crippen LogP contribution is -2.29. The lowest BCUT2D eigenvalue weighted by Gasteiger charge is -2.23. The molecule has 3 nitrogen and oxygen atoms in total. The molecule has 1 aromatic heterocycles. The number of nitrogens with one attached hydrogen (secondary N) is 1. The topological polar surface area (TPSA) is 29.9 Å². The van der Waals surface area contributed by atoms with Crippen LogP contribution in [0.1, 0.15) is 30.1 Å². The highest BCUT2D eigenvalue weighted by molar-refractivity contribution is 9.10. The van der Waals surface area contributed by atoms with Crippen molar-refractivity contribution in [3.63, 3.8) is 0 Å². The average Bonchev–Trinajstić information content (AvgIpc) is 2.43. The minimum Gasteiger partial charge on any atom is -0.316 e. The number of halogens is 1. The fourth-order valence-electron chi connectivity index (χ4n) is 2.18. The van der Waals surface area contributed by atoms with Crippen LogP contribution >= 0.6 is 15.9 Å². The van der Waals surface area contributed by atoms with Crippen LogP contribution in [0.2, 0.25) is 0 Å². The minimum absolute atomic E-state index is 0.615. The molecule has 1 aromatic rings. The van der Waals surface area contributed by atoms with Crippen LogP contribution in [0.3, 0.4) is 0 Å². The van der Waals surface area contributed by atoms with E-state index in [1.54, 1.807) is 0 Å². The van der Waals surface area contributed by atoms with Crippen LogP contribution < -0.4 is 5.32 Å². The van der Waals surface area contributed by atoms with Gasteiger partial charge in [-0.05, 0) is 42.2 Å². The quantitative estimate of drug-likeness (QED) is 0.834. The summed E-state index contributed by atoms with van der Waals surface area (Å²) in [6, 6.07) is 0. The summed E-state index contributed by atoms with van der Waals surface area (Å²) in [4.78, 5) is 0. The Morgan fingerprint density at radius 1 is 1.57 bits per heavy atom. The third kappa shape index (κ3) is 1.73. The van der Waals surface area contributed by atoms with E-state index in [-0.39, 0.29) is 0 Å². The Hall–Kier alpha value is -0.350. The van der Waals surface area contributed by atoms with Gasteiger partial charge in [0.1, 0.15) is 0 Å². The monoisotopic (exact) mass is 257 g/mol. The van der Waals surface area contributed by atoms with Gasteiger partial charge in [0.15, 0.2) is 0 Å². The number of piperidine rings is 1. The first-order valence-corrected chi connectivity index (χ1v) is 5.89. The van der Waals surface area contributed by atoms with Crippen LogP contribution in [0.25, 0.3) is 0 Å². The molecule has 0 radical (unpaired) electrons. The molecule has 0 saturated carbocycles. The Kier molecular flexibility index (Phi) is 2.93. The first kappa shape index (κ1) is 10.2. The van der Waals surface area contributed by atoms with Gasteiger partial charge in [0.25, 0.3) is 0 Å². The number of nitrogens with zero attached hydrogens (tertiary/aromatic N) is 2. The maximum absolute atomic E-state index is 4.43. The van der Waals surface area contributed by atoms with Gasteiger partial charge in [-0.25, -0.2) is 0 Å². The van der Waals surface area contributed by atoms with Crippen molar-refractivity contribution in [3.8, 4) is 0 Å². The molecule has 0 aromatic carbocycles. The van der Waals surface area contributed by atoms with Gasteiger partial charge in [-0.3, -0.25) is 4.68 Å². The van der Waals surface area contributed by atoms with Gasteiger partial charge in [0, 0.05) is 19.5 Å². The first-order valence-electron chi connectivity index (χ1n) is 5.10. The lowest BCUT2D eigenvalue weighted by atomic mass is 9.96. The molecule has 2 rings (SSSR count). The summed E-state index contributed by atoms with van der Waals surface area (Å²) in [7, 11) is 2.03. The SMILES string of the molecule is Cc1nn(C)c(C2CCCNC2)c1Br. The Morgan fingerprint density at radius 3 is 2.86 bits per heavy atom. The van der Waals surface area contributed by atoms with E-state index in [0.29, 0.717) is 5.92 Å². The number of hydrogen-bond donors (Lipinski definition) is 1. The molecule has 78 valence electrons. The summed E-state index contributed by atoms with van der Waals surface area (Å²) in [5.74, 6) is 0.615. The third-order valence-electron chi connectivity index (χ3n) is 2.87. The molecule has 1 unspecified atom stereocenters. The fourth-order valence-corrected chi connectivity index (χ4v) is 2.84. The lowest BCUT2D eigenvalue weighted by molar-refractivity contribution is 0.440. The van der Waals surface area contributed by atoms with Gasteiger partial charge in [-0.1, -0.05) is 0 Å². The minimum atomic E-state index is 0.615. The first-order chi connectivity index (χ1) is 6.70. The van der Waals surface area contributed by atoms with Crippen LogP contribution in [-0.4, -0.2) is 22.9 Å². The Bertz CT molecular complexity index is 326. The highest BCUT2D eigenvalue weighted by atomic mass is 79.9. The summed E-state index contributed by atoms with van der Waals surface area (Å²) < 4.78 is 3.20. The van der Waals surface area contributed by atoms with Gasteiger partial charge in [0.2, 0.25) is 0 Å². The zero-order chi connectivity index (χ0) is 10.1. The van der Waals surface area contributed by atoms with Gasteiger partial charge in [-0.15, -0.1) is 0 Å². The summed E-state index contributed by atoms with van der Waals surface area (Å²) in [5.41, 5.74) is 2.43. The van der Waals surface area contributed by atoms with E-state index >= 15 is 0 Å². The second-order valence-corrected chi connectivity index (χ2v) is 4.74. The molecule has 2 heterocycles. The van der Waals surface area contributed by atoms with Crippen LogP contribution in [0.4, 0.5) is 0 Å². The smallest absolute Gasteiger partial charge is 0.0738 e. The van der Waals surface area contributed by atoms with E-state index in [9.17, 15) is 0 Å². The standard InChI is InChI=1S/C10H16BrN3/c1-7-9(11)10(14(2)13-7)8-4-3-5-12-6-8/h8,12H,3-6H2,1-2H3. The molecule has 1 saturated heterocycles. The average molecular weight is 258 g/mol. The number of rotatable bonds is 1. The van der Waals surface area contributed by atoms with E-state index in [0.717, 1.165) is 18.8 Å². The van der Waals surface area contributed by atoms with Crippen molar-refractivity contribution in [2.24, 2.45) is 7.05 Å². The van der Waals surface area contributed by atoms with E-state index in [2.05, 4.69) is 26.3 Å². The van der Waals surface area contributed by atoms with E-state index in [1.807, 2.05) is 18.7 Å². The maximum atomic E-state index is 4.43. The van der Waals surface area contributed by atoms with E-state index in [4.69, 9.17) is 0 Å². The molecule has 0 spiro atoms. The van der Waals surface area contributed by atoms with Gasteiger partial charge >= 0.3 is 0 Å². The molecular formula is C10H16BrN3. The molecule has 1 atom stereocenters. The number of aromatic nitrogens is 2. The Labute approximate surface area is 93.0 Å². The van der Waals surface area contributed by atoms with Gasteiger partial charge in [-0.2, -0.15) is 5.10 Å². The molecule has 0 aliphatic carbocycles. The van der Waals surface area contributed by atoms with Gasteiger partial charge in [0.05, 0.1) is 15.9 Å². The molecule has 1 fully saturated rings. The Morgan fingerprint density at radius 2 is 2.36 bits per heavy atom. The van der Waals surface area contributed by atoms with Crippen molar-refractivity contribution in [3.05, 3.63) is 15.9 Å². The zero-order valence-electron chi connectivity index (χ0n) is 8.68. The van der Waals surface area contributed by atoms with Crippen LogP contribution in [0.15, 0.2) is 4.47 Å².